The van der Waals surface area contributed by atoms with Crippen LogP contribution in [0.3, 0.4) is 0 Å². The largest absolute Gasteiger partial charge is 0.469 e. The first-order chi connectivity index (χ1) is 12.5. The van der Waals surface area contributed by atoms with Gasteiger partial charge in [0, 0.05) is 26.7 Å². The number of piperidine rings is 1. The maximum Gasteiger partial charge on any atom is 0.308 e. The predicted octanol–water partition coefficient (Wildman–Crippen LogP) is 1.89. The van der Waals surface area contributed by atoms with Crippen LogP contribution in [0.15, 0.2) is 29.3 Å². The van der Waals surface area contributed by atoms with Crippen molar-refractivity contribution in [2.45, 2.75) is 18.9 Å². The zero-order valence-electron chi connectivity index (χ0n) is 16.0. The van der Waals surface area contributed by atoms with E-state index in [-0.39, 0.29) is 23.7 Å². The third-order valence-electron chi connectivity index (χ3n) is 4.87. The SMILES string of the molecule is CN=C(NCC(c1ccc(F)cc1)N(C)C)N1CCC(C(=O)OC)CC1. The summed E-state index contributed by atoms with van der Waals surface area (Å²) in [4.78, 5) is 20.3. The number of likely N-dealkylation sites (N-methyl/N-ethyl adjacent to an activating group) is 1. The summed E-state index contributed by atoms with van der Waals surface area (Å²) in [5.41, 5.74) is 1.05. The molecule has 0 bridgehead atoms. The molecule has 0 spiro atoms. The molecule has 2 rings (SSSR count). The molecule has 1 aromatic carbocycles. The molecule has 1 atom stereocenters. The number of rotatable bonds is 5. The Labute approximate surface area is 155 Å². The van der Waals surface area contributed by atoms with Crippen molar-refractivity contribution < 1.29 is 13.9 Å². The van der Waals surface area contributed by atoms with Gasteiger partial charge in [-0.25, -0.2) is 4.39 Å². The lowest BCUT2D eigenvalue weighted by Gasteiger charge is -2.34. The third-order valence-corrected chi connectivity index (χ3v) is 4.87. The van der Waals surface area contributed by atoms with Gasteiger partial charge < -0.3 is 19.9 Å². The summed E-state index contributed by atoms with van der Waals surface area (Å²) in [6.07, 6.45) is 1.53. The highest BCUT2D eigenvalue weighted by molar-refractivity contribution is 5.80. The van der Waals surface area contributed by atoms with Crippen LogP contribution >= 0.6 is 0 Å². The molecule has 0 amide bonds. The van der Waals surface area contributed by atoms with E-state index in [1.165, 1.54) is 19.2 Å². The molecule has 0 radical (unpaired) electrons. The second-order valence-electron chi connectivity index (χ2n) is 6.74. The first-order valence-corrected chi connectivity index (χ1v) is 8.91. The fraction of sp³-hybridized carbons (Fsp3) is 0.579. The van der Waals surface area contributed by atoms with Crippen LogP contribution in [0.1, 0.15) is 24.4 Å². The number of carbonyl (C=O) groups is 1. The van der Waals surface area contributed by atoms with E-state index in [9.17, 15) is 9.18 Å². The molecule has 1 heterocycles. The molecular weight excluding hydrogens is 335 g/mol. The van der Waals surface area contributed by atoms with Gasteiger partial charge >= 0.3 is 5.97 Å². The fourth-order valence-electron chi connectivity index (χ4n) is 3.30. The van der Waals surface area contributed by atoms with Crippen molar-refractivity contribution in [1.82, 2.24) is 15.1 Å². The Balaban J connectivity index is 1.95. The summed E-state index contributed by atoms with van der Waals surface area (Å²) in [6.45, 7) is 2.19. The molecular formula is C19H29FN4O2. The zero-order chi connectivity index (χ0) is 19.1. The Morgan fingerprint density at radius 2 is 1.96 bits per heavy atom. The summed E-state index contributed by atoms with van der Waals surface area (Å²) in [5.74, 6) is 0.436. The van der Waals surface area contributed by atoms with Crippen molar-refractivity contribution in [2.75, 3.05) is 47.9 Å². The van der Waals surface area contributed by atoms with Crippen LogP contribution in [-0.2, 0) is 9.53 Å². The standard InChI is InChI=1S/C19H29FN4O2/c1-21-19(24-11-9-15(10-12-24)18(25)26-4)22-13-17(23(2)3)14-5-7-16(20)8-6-14/h5-8,15,17H,9-13H2,1-4H3,(H,21,22). The first kappa shape index (κ1) is 20.2. The van der Waals surface area contributed by atoms with Crippen molar-refractivity contribution in [3.05, 3.63) is 35.6 Å². The summed E-state index contributed by atoms with van der Waals surface area (Å²) in [7, 11) is 7.20. The highest BCUT2D eigenvalue weighted by atomic mass is 19.1. The molecule has 1 fully saturated rings. The third kappa shape index (κ3) is 5.17. The second-order valence-corrected chi connectivity index (χ2v) is 6.74. The number of hydrogen-bond acceptors (Lipinski definition) is 4. The van der Waals surface area contributed by atoms with Gasteiger partial charge in [-0.1, -0.05) is 12.1 Å². The highest BCUT2D eigenvalue weighted by Gasteiger charge is 2.27. The van der Waals surface area contributed by atoms with Crippen molar-refractivity contribution in [1.29, 1.82) is 0 Å². The van der Waals surface area contributed by atoms with E-state index in [0.29, 0.717) is 6.54 Å². The molecule has 7 heteroatoms. The summed E-state index contributed by atoms with van der Waals surface area (Å²) in [6, 6.07) is 6.69. The first-order valence-electron chi connectivity index (χ1n) is 8.91. The molecule has 144 valence electrons. The normalized spacial score (nSPS) is 17.3. The van der Waals surface area contributed by atoms with Gasteiger partial charge in [-0.3, -0.25) is 9.79 Å². The van der Waals surface area contributed by atoms with Crippen LogP contribution in [0.5, 0.6) is 0 Å². The number of ether oxygens (including phenoxy) is 1. The van der Waals surface area contributed by atoms with Gasteiger partial charge in [0.25, 0.3) is 0 Å². The average Bonchev–Trinajstić information content (AvgIpc) is 2.65. The van der Waals surface area contributed by atoms with Crippen LogP contribution in [0.4, 0.5) is 4.39 Å². The van der Waals surface area contributed by atoms with Gasteiger partial charge in [-0.05, 0) is 44.6 Å². The fourth-order valence-corrected chi connectivity index (χ4v) is 3.30. The van der Waals surface area contributed by atoms with Crippen molar-refractivity contribution in [3.63, 3.8) is 0 Å². The van der Waals surface area contributed by atoms with E-state index in [2.05, 4.69) is 20.1 Å². The quantitative estimate of drug-likeness (QED) is 0.491. The van der Waals surface area contributed by atoms with Gasteiger partial charge in [-0.2, -0.15) is 0 Å². The van der Waals surface area contributed by atoms with Crippen molar-refractivity contribution in [2.24, 2.45) is 10.9 Å². The lowest BCUT2D eigenvalue weighted by atomic mass is 9.97. The molecule has 1 saturated heterocycles. The Bertz CT molecular complexity index is 610. The Hall–Kier alpha value is -2.15. The van der Waals surface area contributed by atoms with E-state index in [1.807, 2.05) is 26.2 Å². The van der Waals surface area contributed by atoms with E-state index < -0.39 is 0 Å². The molecule has 0 aliphatic carbocycles. The lowest BCUT2D eigenvalue weighted by Crippen LogP contribution is -2.48. The molecule has 1 aliphatic heterocycles. The number of nitrogens with one attached hydrogen (secondary N) is 1. The molecule has 1 unspecified atom stereocenters. The van der Waals surface area contributed by atoms with Gasteiger partial charge in [0.2, 0.25) is 0 Å². The second kappa shape index (κ2) is 9.52. The van der Waals surface area contributed by atoms with Crippen LogP contribution < -0.4 is 5.32 Å². The summed E-state index contributed by atoms with van der Waals surface area (Å²) in [5, 5.41) is 3.42. The molecule has 0 aromatic heterocycles. The van der Waals surface area contributed by atoms with Gasteiger partial charge in [0.15, 0.2) is 5.96 Å². The van der Waals surface area contributed by atoms with Crippen LogP contribution in [-0.4, -0.2) is 69.6 Å². The minimum absolute atomic E-state index is 0.0249. The molecule has 1 aliphatic rings. The number of likely N-dealkylation sites (tertiary alicyclic amines) is 1. The number of aliphatic imine (C=N–C) groups is 1. The minimum atomic E-state index is -0.233. The predicted molar refractivity (Wildman–Crippen MR) is 101 cm³/mol. The minimum Gasteiger partial charge on any atom is -0.469 e. The Kier molecular flexibility index (Phi) is 7.38. The highest BCUT2D eigenvalue weighted by Crippen LogP contribution is 2.20. The number of methoxy groups -OCH3 is 1. The molecule has 1 aromatic rings. The van der Waals surface area contributed by atoms with E-state index in [4.69, 9.17) is 4.74 Å². The smallest absolute Gasteiger partial charge is 0.308 e. The number of carbonyl (C=O) groups excluding carboxylic acids is 1. The van der Waals surface area contributed by atoms with Crippen LogP contribution in [0.2, 0.25) is 0 Å². The maximum atomic E-state index is 13.2. The van der Waals surface area contributed by atoms with E-state index in [1.54, 1.807) is 7.05 Å². The van der Waals surface area contributed by atoms with Gasteiger partial charge in [-0.15, -0.1) is 0 Å². The number of nitrogens with zero attached hydrogens (tertiary/aromatic N) is 3. The Morgan fingerprint density at radius 3 is 2.46 bits per heavy atom. The monoisotopic (exact) mass is 364 g/mol. The van der Waals surface area contributed by atoms with Crippen molar-refractivity contribution >= 4 is 11.9 Å². The topological polar surface area (TPSA) is 57.2 Å². The molecule has 26 heavy (non-hydrogen) atoms. The Morgan fingerprint density at radius 1 is 1.35 bits per heavy atom. The van der Waals surface area contributed by atoms with E-state index >= 15 is 0 Å². The number of esters is 1. The number of benzene rings is 1. The van der Waals surface area contributed by atoms with Crippen LogP contribution in [0.25, 0.3) is 0 Å². The lowest BCUT2D eigenvalue weighted by molar-refractivity contribution is -0.146. The van der Waals surface area contributed by atoms with Crippen molar-refractivity contribution in [3.8, 4) is 0 Å². The number of halogens is 1. The molecule has 1 N–H and O–H groups in total. The summed E-state index contributed by atoms with van der Waals surface area (Å²) >= 11 is 0. The average molecular weight is 364 g/mol. The number of hydrogen-bond donors (Lipinski definition) is 1. The molecule has 0 saturated carbocycles. The summed E-state index contributed by atoms with van der Waals surface area (Å²) < 4.78 is 18.0. The van der Waals surface area contributed by atoms with Gasteiger partial charge in [0.05, 0.1) is 19.1 Å². The number of guanidine groups is 1. The molecule has 6 nitrogen and oxygen atoms in total. The van der Waals surface area contributed by atoms with Crippen LogP contribution in [0, 0.1) is 11.7 Å². The maximum absolute atomic E-state index is 13.2. The van der Waals surface area contributed by atoms with Gasteiger partial charge in [0.1, 0.15) is 5.82 Å². The zero-order valence-corrected chi connectivity index (χ0v) is 16.0. The van der Waals surface area contributed by atoms with E-state index in [0.717, 1.165) is 37.5 Å².